The summed E-state index contributed by atoms with van der Waals surface area (Å²) in [6.07, 6.45) is 3.70. The maximum absolute atomic E-state index is 11.7. The van der Waals surface area contributed by atoms with Gasteiger partial charge >= 0.3 is 0 Å². The van der Waals surface area contributed by atoms with Crippen molar-refractivity contribution in [3.8, 4) is 0 Å². The van der Waals surface area contributed by atoms with Crippen molar-refractivity contribution in [2.24, 2.45) is 0 Å². The molecule has 0 amide bonds. The number of anilines is 1. The van der Waals surface area contributed by atoms with E-state index in [0.29, 0.717) is 5.82 Å². The first-order valence-corrected chi connectivity index (χ1v) is 7.59. The SMILES string of the molecule is Cc1nccc(N2CCC(C)(c3cc(=O)[nH]c(C)n3)CC2)n1. The predicted molar refractivity (Wildman–Crippen MR) is 85.2 cm³/mol. The Labute approximate surface area is 129 Å². The lowest BCUT2D eigenvalue weighted by Crippen LogP contribution is -2.42. The highest BCUT2D eigenvalue weighted by Gasteiger charge is 2.33. The van der Waals surface area contributed by atoms with Gasteiger partial charge in [-0.25, -0.2) is 15.0 Å². The standard InChI is InChI=1S/C16H21N5O/c1-11-17-7-4-14(19-11)21-8-5-16(3,6-9-21)13-10-15(22)20-12(2)18-13/h4,7,10H,5-6,8-9H2,1-3H3,(H,18,20,22). The van der Waals surface area contributed by atoms with E-state index in [1.54, 1.807) is 12.3 Å². The van der Waals surface area contributed by atoms with Crippen LogP contribution in [-0.2, 0) is 5.41 Å². The minimum atomic E-state index is -0.0717. The lowest BCUT2D eigenvalue weighted by molar-refractivity contribution is 0.351. The Morgan fingerprint density at radius 3 is 2.59 bits per heavy atom. The number of nitrogens with zero attached hydrogens (tertiary/aromatic N) is 4. The molecule has 6 nitrogen and oxygen atoms in total. The summed E-state index contributed by atoms with van der Waals surface area (Å²) in [6.45, 7) is 7.73. The second kappa shape index (κ2) is 5.51. The molecule has 1 saturated heterocycles. The van der Waals surface area contributed by atoms with Crippen LogP contribution in [0.25, 0.3) is 0 Å². The molecular weight excluding hydrogens is 278 g/mol. The fourth-order valence-corrected chi connectivity index (χ4v) is 2.99. The highest BCUT2D eigenvalue weighted by molar-refractivity contribution is 5.39. The summed E-state index contributed by atoms with van der Waals surface area (Å²) in [5.74, 6) is 2.44. The first-order chi connectivity index (χ1) is 10.5. The molecule has 116 valence electrons. The van der Waals surface area contributed by atoms with Crippen LogP contribution < -0.4 is 10.5 Å². The largest absolute Gasteiger partial charge is 0.356 e. The average molecular weight is 299 g/mol. The van der Waals surface area contributed by atoms with Gasteiger partial charge in [-0.15, -0.1) is 0 Å². The van der Waals surface area contributed by atoms with Gasteiger partial charge in [0.25, 0.3) is 5.56 Å². The number of hydrogen-bond donors (Lipinski definition) is 1. The molecule has 1 fully saturated rings. The summed E-state index contributed by atoms with van der Waals surface area (Å²) < 4.78 is 0. The topological polar surface area (TPSA) is 74.8 Å². The van der Waals surface area contributed by atoms with Crippen LogP contribution in [-0.4, -0.2) is 33.0 Å². The zero-order valence-electron chi connectivity index (χ0n) is 13.3. The van der Waals surface area contributed by atoms with Gasteiger partial charge < -0.3 is 9.88 Å². The van der Waals surface area contributed by atoms with E-state index in [4.69, 9.17) is 0 Å². The van der Waals surface area contributed by atoms with E-state index in [2.05, 4.69) is 31.8 Å². The smallest absolute Gasteiger partial charge is 0.251 e. The van der Waals surface area contributed by atoms with Crippen molar-refractivity contribution in [3.63, 3.8) is 0 Å². The van der Waals surface area contributed by atoms with Crippen LogP contribution in [0.1, 0.15) is 37.1 Å². The summed E-state index contributed by atoms with van der Waals surface area (Å²) in [5, 5.41) is 0. The van der Waals surface area contributed by atoms with Gasteiger partial charge in [-0.05, 0) is 32.8 Å². The number of rotatable bonds is 2. The molecule has 0 aliphatic carbocycles. The highest BCUT2D eigenvalue weighted by atomic mass is 16.1. The minimum Gasteiger partial charge on any atom is -0.356 e. The van der Waals surface area contributed by atoms with Crippen LogP contribution in [0.2, 0.25) is 0 Å². The molecule has 6 heteroatoms. The van der Waals surface area contributed by atoms with Gasteiger partial charge in [-0.1, -0.05) is 6.92 Å². The Hall–Kier alpha value is -2.24. The Kier molecular flexibility index (Phi) is 3.68. The zero-order valence-corrected chi connectivity index (χ0v) is 13.3. The quantitative estimate of drug-likeness (QED) is 0.914. The first kappa shape index (κ1) is 14.7. The van der Waals surface area contributed by atoms with Crippen LogP contribution in [0.15, 0.2) is 23.1 Å². The molecule has 2 aromatic rings. The maximum Gasteiger partial charge on any atom is 0.251 e. The van der Waals surface area contributed by atoms with E-state index in [1.807, 2.05) is 19.9 Å². The van der Waals surface area contributed by atoms with E-state index in [0.717, 1.165) is 43.3 Å². The lowest BCUT2D eigenvalue weighted by atomic mass is 9.77. The molecule has 0 saturated carbocycles. The Morgan fingerprint density at radius 1 is 1.23 bits per heavy atom. The second-order valence-corrected chi connectivity index (χ2v) is 6.23. The van der Waals surface area contributed by atoms with Gasteiger partial charge in [0, 0.05) is 30.8 Å². The van der Waals surface area contributed by atoms with Crippen molar-refractivity contribution in [3.05, 3.63) is 46.0 Å². The van der Waals surface area contributed by atoms with Gasteiger partial charge in [0.1, 0.15) is 17.5 Å². The van der Waals surface area contributed by atoms with Crippen molar-refractivity contribution in [1.82, 2.24) is 19.9 Å². The monoisotopic (exact) mass is 299 g/mol. The summed E-state index contributed by atoms with van der Waals surface area (Å²) >= 11 is 0. The fourth-order valence-electron chi connectivity index (χ4n) is 2.99. The molecule has 0 atom stereocenters. The Morgan fingerprint density at radius 2 is 1.95 bits per heavy atom. The molecule has 0 spiro atoms. The summed E-state index contributed by atoms with van der Waals surface area (Å²) in [6, 6.07) is 3.59. The van der Waals surface area contributed by atoms with Crippen molar-refractivity contribution in [1.29, 1.82) is 0 Å². The Balaban J connectivity index is 1.79. The highest BCUT2D eigenvalue weighted by Crippen LogP contribution is 2.34. The fraction of sp³-hybridized carbons (Fsp3) is 0.500. The van der Waals surface area contributed by atoms with E-state index < -0.39 is 0 Å². The van der Waals surface area contributed by atoms with Crippen molar-refractivity contribution < 1.29 is 0 Å². The Bertz CT molecular complexity index is 731. The van der Waals surface area contributed by atoms with E-state index in [9.17, 15) is 4.79 Å². The third-order valence-electron chi connectivity index (χ3n) is 4.43. The molecule has 1 aliphatic rings. The first-order valence-electron chi connectivity index (χ1n) is 7.59. The average Bonchev–Trinajstić information content (AvgIpc) is 2.47. The van der Waals surface area contributed by atoms with Crippen molar-refractivity contribution in [2.45, 2.75) is 39.0 Å². The van der Waals surface area contributed by atoms with Crippen LogP contribution >= 0.6 is 0 Å². The maximum atomic E-state index is 11.7. The number of H-pyrrole nitrogens is 1. The summed E-state index contributed by atoms with van der Waals surface area (Å²) in [7, 11) is 0. The van der Waals surface area contributed by atoms with Crippen LogP contribution in [0.5, 0.6) is 0 Å². The van der Waals surface area contributed by atoms with Crippen LogP contribution in [0.4, 0.5) is 5.82 Å². The predicted octanol–water partition coefficient (Wildman–Crippen LogP) is 1.73. The molecule has 3 heterocycles. The van der Waals surface area contributed by atoms with E-state index in [1.165, 1.54) is 0 Å². The molecule has 1 N–H and O–H groups in total. The molecule has 22 heavy (non-hydrogen) atoms. The van der Waals surface area contributed by atoms with Crippen LogP contribution in [0.3, 0.4) is 0 Å². The number of aromatic nitrogens is 4. The zero-order chi connectivity index (χ0) is 15.7. The third kappa shape index (κ3) is 2.86. The molecule has 0 unspecified atom stereocenters. The lowest BCUT2D eigenvalue weighted by Gasteiger charge is -2.39. The van der Waals surface area contributed by atoms with Crippen molar-refractivity contribution >= 4 is 5.82 Å². The number of piperidine rings is 1. The number of nitrogens with one attached hydrogen (secondary N) is 1. The molecular formula is C16H21N5O. The molecule has 1 aliphatic heterocycles. The number of aryl methyl sites for hydroxylation is 2. The van der Waals surface area contributed by atoms with Crippen LogP contribution in [0, 0.1) is 13.8 Å². The third-order valence-corrected chi connectivity index (χ3v) is 4.43. The molecule has 0 bridgehead atoms. The van der Waals surface area contributed by atoms with Gasteiger partial charge in [0.2, 0.25) is 0 Å². The second-order valence-electron chi connectivity index (χ2n) is 6.23. The van der Waals surface area contributed by atoms with E-state index in [-0.39, 0.29) is 11.0 Å². The van der Waals surface area contributed by atoms with Gasteiger partial charge in [0.05, 0.1) is 5.69 Å². The van der Waals surface area contributed by atoms with Gasteiger partial charge in [-0.2, -0.15) is 0 Å². The molecule has 0 aromatic carbocycles. The minimum absolute atomic E-state index is 0.0579. The molecule has 3 rings (SSSR count). The molecule has 0 radical (unpaired) electrons. The van der Waals surface area contributed by atoms with Gasteiger partial charge in [0.15, 0.2) is 0 Å². The molecule has 2 aromatic heterocycles. The van der Waals surface area contributed by atoms with Crippen molar-refractivity contribution in [2.75, 3.05) is 18.0 Å². The number of aromatic amines is 1. The number of hydrogen-bond acceptors (Lipinski definition) is 5. The van der Waals surface area contributed by atoms with Gasteiger partial charge in [-0.3, -0.25) is 4.79 Å². The summed E-state index contributed by atoms with van der Waals surface area (Å²) in [4.78, 5) is 29.9. The normalized spacial score (nSPS) is 17.5. The summed E-state index contributed by atoms with van der Waals surface area (Å²) in [5.41, 5.74) is 0.766. The van der Waals surface area contributed by atoms with E-state index >= 15 is 0 Å².